The highest BCUT2D eigenvalue weighted by atomic mass is 32.2. The van der Waals surface area contributed by atoms with Crippen molar-refractivity contribution in [2.75, 3.05) is 16.4 Å². The lowest BCUT2D eigenvalue weighted by Crippen LogP contribution is -2.19. The topological polar surface area (TPSA) is 88.9 Å². The summed E-state index contributed by atoms with van der Waals surface area (Å²) in [5.41, 5.74) is 5.83. The number of anilines is 2. The predicted octanol–water partition coefficient (Wildman–Crippen LogP) is 5.18. The first-order chi connectivity index (χ1) is 16.4. The molecule has 1 aromatic heterocycles. The monoisotopic (exact) mass is 471 g/mol. The number of hydrogen-bond donors (Lipinski definition) is 2. The van der Waals surface area contributed by atoms with Gasteiger partial charge in [0.05, 0.1) is 22.7 Å². The molecule has 0 saturated heterocycles. The summed E-state index contributed by atoms with van der Waals surface area (Å²) in [6, 6.07) is 20.6. The van der Waals surface area contributed by atoms with Gasteiger partial charge in [-0.15, -0.1) is 10.2 Å². The summed E-state index contributed by atoms with van der Waals surface area (Å²) in [5.74, 6) is -0.406. The van der Waals surface area contributed by atoms with Crippen LogP contribution < -0.4 is 10.6 Å². The quantitative estimate of drug-likeness (QED) is 0.363. The number of hydrogen-bond acceptors (Lipinski definition) is 5. The number of aromatic nitrogens is 3. The molecule has 172 valence electrons. The molecule has 0 aliphatic heterocycles. The zero-order valence-corrected chi connectivity index (χ0v) is 20.0. The number of amides is 2. The van der Waals surface area contributed by atoms with E-state index >= 15 is 0 Å². The highest BCUT2D eigenvalue weighted by Crippen LogP contribution is 2.24. The predicted molar refractivity (Wildman–Crippen MR) is 136 cm³/mol. The molecule has 4 aromatic rings. The molecule has 1 heterocycles. The largest absolute Gasteiger partial charge is 0.325 e. The third kappa shape index (κ3) is 5.52. The summed E-state index contributed by atoms with van der Waals surface area (Å²) in [6.45, 7) is 6.03. The minimum Gasteiger partial charge on any atom is -0.325 e. The van der Waals surface area contributed by atoms with E-state index in [0.717, 1.165) is 16.8 Å². The van der Waals surface area contributed by atoms with Crippen LogP contribution in [0.25, 0.3) is 5.69 Å². The third-order valence-electron chi connectivity index (χ3n) is 5.18. The summed E-state index contributed by atoms with van der Waals surface area (Å²) in [5, 5.41) is 14.5. The summed E-state index contributed by atoms with van der Waals surface area (Å²) in [6.07, 6.45) is 1.64. The van der Waals surface area contributed by atoms with Crippen molar-refractivity contribution in [2.24, 2.45) is 0 Å². The number of aryl methyl sites for hydroxylation is 3. The lowest BCUT2D eigenvalue weighted by atomic mass is 10.1. The Morgan fingerprint density at radius 3 is 2.50 bits per heavy atom. The van der Waals surface area contributed by atoms with Gasteiger partial charge in [0, 0.05) is 5.69 Å². The third-order valence-corrected chi connectivity index (χ3v) is 6.13. The average molecular weight is 472 g/mol. The zero-order valence-electron chi connectivity index (χ0n) is 19.2. The van der Waals surface area contributed by atoms with Gasteiger partial charge < -0.3 is 10.6 Å². The second-order valence-corrected chi connectivity index (χ2v) is 8.92. The van der Waals surface area contributed by atoms with Gasteiger partial charge in [-0.2, -0.15) is 0 Å². The SMILES string of the molecule is Cc1cccc(NC(=O)c2ccccc2NC(=O)CSc2nncn2-c2ccc(C)cc2C)c1. The highest BCUT2D eigenvalue weighted by molar-refractivity contribution is 7.99. The molecule has 0 radical (unpaired) electrons. The van der Waals surface area contributed by atoms with E-state index in [2.05, 4.69) is 26.9 Å². The van der Waals surface area contributed by atoms with E-state index in [1.165, 1.54) is 17.3 Å². The molecule has 0 unspecified atom stereocenters. The standard InChI is InChI=1S/C26H25N5O2S/c1-17-7-6-8-20(14-17)28-25(33)21-9-4-5-10-22(21)29-24(32)15-34-26-30-27-16-31(26)23-12-11-18(2)13-19(23)3/h4-14,16H,15H2,1-3H3,(H,28,33)(H,29,32). The van der Waals surface area contributed by atoms with Gasteiger partial charge in [0.25, 0.3) is 5.91 Å². The zero-order chi connectivity index (χ0) is 24.1. The Kier molecular flexibility index (Phi) is 7.08. The van der Waals surface area contributed by atoms with Crippen molar-refractivity contribution in [2.45, 2.75) is 25.9 Å². The Labute approximate surface area is 202 Å². The summed E-state index contributed by atoms with van der Waals surface area (Å²) in [4.78, 5) is 25.6. The fourth-order valence-electron chi connectivity index (χ4n) is 3.59. The van der Waals surface area contributed by atoms with Gasteiger partial charge in [-0.05, 0) is 62.2 Å². The van der Waals surface area contributed by atoms with Gasteiger partial charge in [-0.25, -0.2) is 0 Å². The molecule has 0 atom stereocenters. The molecule has 4 rings (SSSR count). The van der Waals surface area contributed by atoms with E-state index in [-0.39, 0.29) is 17.6 Å². The summed E-state index contributed by atoms with van der Waals surface area (Å²) >= 11 is 1.28. The fraction of sp³-hybridized carbons (Fsp3) is 0.154. The molecule has 0 spiro atoms. The van der Waals surface area contributed by atoms with Crippen LogP contribution in [-0.2, 0) is 4.79 Å². The molecule has 2 amide bonds. The van der Waals surface area contributed by atoms with Crippen LogP contribution in [0.4, 0.5) is 11.4 Å². The minimum atomic E-state index is -0.288. The molecule has 0 saturated carbocycles. The van der Waals surface area contributed by atoms with E-state index in [1.807, 2.05) is 61.7 Å². The van der Waals surface area contributed by atoms with Crippen LogP contribution in [0.5, 0.6) is 0 Å². The maximum atomic E-state index is 12.8. The van der Waals surface area contributed by atoms with Crippen molar-refractivity contribution in [1.29, 1.82) is 0 Å². The molecule has 0 aliphatic rings. The van der Waals surface area contributed by atoms with Crippen molar-refractivity contribution < 1.29 is 9.59 Å². The number of rotatable bonds is 7. The first-order valence-corrected chi connectivity index (χ1v) is 11.8. The maximum Gasteiger partial charge on any atom is 0.257 e. The lowest BCUT2D eigenvalue weighted by Gasteiger charge is -2.12. The molecular weight excluding hydrogens is 446 g/mol. The Morgan fingerprint density at radius 1 is 0.912 bits per heavy atom. The summed E-state index contributed by atoms with van der Waals surface area (Å²) in [7, 11) is 0. The van der Waals surface area contributed by atoms with Crippen molar-refractivity contribution in [3.8, 4) is 5.69 Å². The normalized spacial score (nSPS) is 10.7. The van der Waals surface area contributed by atoms with Gasteiger partial charge >= 0.3 is 0 Å². The van der Waals surface area contributed by atoms with Crippen LogP contribution in [0, 0.1) is 20.8 Å². The number of benzene rings is 3. The second kappa shape index (κ2) is 10.4. The Balaban J connectivity index is 1.43. The van der Waals surface area contributed by atoms with Crippen LogP contribution in [0.2, 0.25) is 0 Å². The molecule has 2 N–H and O–H groups in total. The van der Waals surface area contributed by atoms with Crippen molar-refractivity contribution in [3.05, 3.63) is 95.3 Å². The molecule has 3 aromatic carbocycles. The van der Waals surface area contributed by atoms with Crippen LogP contribution in [0.15, 0.2) is 78.2 Å². The average Bonchev–Trinajstić information content (AvgIpc) is 3.26. The first kappa shape index (κ1) is 23.3. The minimum absolute atomic E-state index is 0.122. The number of para-hydroxylation sites is 1. The molecule has 0 aliphatic carbocycles. The van der Waals surface area contributed by atoms with Crippen LogP contribution in [-0.4, -0.2) is 32.3 Å². The molecule has 7 nitrogen and oxygen atoms in total. The fourth-order valence-corrected chi connectivity index (χ4v) is 4.31. The molecular formula is C26H25N5O2S. The van der Waals surface area contributed by atoms with E-state index in [9.17, 15) is 9.59 Å². The number of carbonyl (C=O) groups is 2. The van der Waals surface area contributed by atoms with Crippen molar-refractivity contribution in [3.63, 3.8) is 0 Å². The van der Waals surface area contributed by atoms with Gasteiger partial charge in [0.2, 0.25) is 5.91 Å². The molecule has 0 fully saturated rings. The number of nitrogens with one attached hydrogen (secondary N) is 2. The van der Waals surface area contributed by atoms with Crippen LogP contribution in [0.1, 0.15) is 27.0 Å². The lowest BCUT2D eigenvalue weighted by molar-refractivity contribution is -0.113. The van der Waals surface area contributed by atoms with E-state index < -0.39 is 0 Å². The molecule has 0 bridgehead atoms. The Morgan fingerprint density at radius 2 is 1.71 bits per heavy atom. The van der Waals surface area contributed by atoms with Crippen molar-refractivity contribution >= 4 is 35.0 Å². The number of carbonyl (C=O) groups excluding carboxylic acids is 2. The van der Waals surface area contributed by atoms with Gasteiger partial charge in [0.1, 0.15) is 6.33 Å². The maximum absolute atomic E-state index is 12.8. The Bertz CT molecular complexity index is 1350. The number of nitrogens with zero attached hydrogens (tertiary/aromatic N) is 3. The van der Waals surface area contributed by atoms with E-state index in [1.54, 1.807) is 30.6 Å². The smallest absolute Gasteiger partial charge is 0.257 e. The van der Waals surface area contributed by atoms with E-state index in [0.29, 0.717) is 22.1 Å². The number of thioether (sulfide) groups is 1. The van der Waals surface area contributed by atoms with E-state index in [4.69, 9.17) is 0 Å². The Hall–Kier alpha value is -3.91. The van der Waals surface area contributed by atoms with Crippen molar-refractivity contribution in [1.82, 2.24) is 14.8 Å². The first-order valence-electron chi connectivity index (χ1n) is 10.8. The van der Waals surface area contributed by atoms with Crippen LogP contribution in [0.3, 0.4) is 0 Å². The molecule has 34 heavy (non-hydrogen) atoms. The van der Waals surface area contributed by atoms with Gasteiger partial charge in [0.15, 0.2) is 5.16 Å². The second-order valence-electron chi connectivity index (χ2n) is 7.98. The van der Waals surface area contributed by atoms with Gasteiger partial charge in [-0.3, -0.25) is 14.2 Å². The summed E-state index contributed by atoms with van der Waals surface area (Å²) < 4.78 is 1.87. The molecule has 8 heteroatoms. The highest BCUT2D eigenvalue weighted by Gasteiger charge is 2.15. The van der Waals surface area contributed by atoms with Gasteiger partial charge in [-0.1, -0.05) is 53.7 Å². The van der Waals surface area contributed by atoms with Crippen LogP contribution >= 0.6 is 11.8 Å².